The van der Waals surface area contributed by atoms with Gasteiger partial charge in [0.25, 0.3) is 0 Å². The summed E-state index contributed by atoms with van der Waals surface area (Å²) in [7, 11) is 1.56. The molecule has 7 N–H and O–H groups in total. The Kier molecular flexibility index (Phi) is 11.7. The third-order valence-corrected chi connectivity index (χ3v) is 6.99. The van der Waals surface area contributed by atoms with E-state index in [1.54, 1.807) is 13.2 Å². The van der Waals surface area contributed by atoms with Crippen molar-refractivity contribution in [2.75, 3.05) is 19.0 Å². The van der Waals surface area contributed by atoms with Gasteiger partial charge in [-0.2, -0.15) is 0 Å². The van der Waals surface area contributed by atoms with Crippen molar-refractivity contribution in [2.45, 2.75) is 38.0 Å². The lowest BCUT2D eigenvalue weighted by Gasteiger charge is -2.23. The summed E-state index contributed by atoms with van der Waals surface area (Å²) in [6.07, 6.45) is 0.0621. The minimum Gasteiger partial charge on any atom is -0.496 e. The van der Waals surface area contributed by atoms with Crippen molar-refractivity contribution in [2.24, 2.45) is 16.5 Å². The van der Waals surface area contributed by atoms with Gasteiger partial charge in [-0.3, -0.25) is 14.6 Å². The average molecular weight is 611 g/mol. The van der Waals surface area contributed by atoms with E-state index in [0.717, 1.165) is 21.9 Å². The van der Waals surface area contributed by atoms with Gasteiger partial charge in [-0.25, -0.2) is 4.79 Å². The first-order valence-electron chi connectivity index (χ1n) is 14.6. The number of carbonyl (C=O) groups excluding carboxylic acids is 3. The van der Waals surface area contributed by atoms with E-state index in [1.807, 2.05) is 91.0 Å². The molecule has 4 aromatic carbocycles. The standard InChI is InChI=1S/C34H38N6O5/c1-44-30-21-26(20-25-15-8-9-16-27(25)30)38-31(41)28(17-10-18-37-33(35)36)39-32(42)29(19-23-11-4-2-5-12-23)40-34(43)45-22-24-13-6-3-7-14-24/h2-9,11-16,20-21,28-29H,10,17-19,22H2,1H3,(H,38,41)(H,39,42)(H,40,43)(H4,35,36,37). The van der Waals surface area contributed by atoms with Gasteiger partial charge in [0.2, 0.25) is 11.8 Å². The lowest BCUT2D eigenvalue weighted by molar-refractivity contribution is -0.128. The van der Waals surface area contributed by atoms with Crippen molar-refractivity contribution in [3.8, 4) is 5.75 Å². The number of carbonyl (C=O) groups is 3. The quantitative estimate of drug-likeness (QED) is 0.0820. The second-order valence-electron chi connectivity index (χ2n) is 10.3. The molecule has 234 valence electrons. The molecule has 4 aromatic rings. The van der Waals surface area contributed by atoms with E-state index in [9.17, 15) is 14.4 Å². The molecule has 0 aliphatic heterocycles. The Balaban J connectivity index is 1.51. The number of nitrogens with zero attached hydrogens (tertiary/aromatic N) is 1. The molecule has 0 spiro atoms. The predicted molar refractivity (Wildman–Crippen MR) is 175 cm³/mol. The van der Waals surface area contributed by atoms with E-state index in [0.29, 0.717) is 17.9 Å². The molecule has 0 radical (unpaired) electrons. The van der Waals surface area contributed by atoms with Gasteiger partial charge < -0.3 is 36.9 Å². The largest absolute Gasteiger partial charge is 0.496 e. The van der Waals surface area contributed by atoms with Crippen molar-refractivity contribution in [3.05, 3.63) is 108 Å². The number of hydrogen-bond acceptors (Lipinski definition) is 6. The molecule has 2 unspecified atom stereocenters. The maximum absolute atomic E-state index is 13.7. The van der Waals surface area contributed by atoms with Gasteiger partial charge in [-0.05, 0) is 35.4 Å². The first-order chi connectivity index (χ1) is 21.8. The van der Waals surface area contributed by atoms with Crippen LogP contribution in [0, 0.1) is 0 Å². The fourth-order valence-corrected chi connectivity index (χ4v) is 4.76. The normalized spacial score (nSPS) is 11.9. The topological polar surface area (TPSA) is 170 Å². The van der Waals surface area contributed by atoms with E-state index >= 15 is 0 Å². The molecule has 45 heavy (non-hydrogen) atoms. The highest BCUT2D eigenvalue weighted by Gasteiger charge is 2.28. The van der Waals surface area contributed by atoms with E-state index in [2.05, 4.69) is 20.9 Å². The molecule has 0 fully saturated rings. The number of alkyl carbamates (subject to hydrolysis) is 1. The van der Waals surface area contributed by atoms with Crippen molar-refractivity contribution >= 4 is 40.3 Å². The molecule has 2 atom stereocenters. The van der Waals surface area contributed by atoms with Crippen LogP contribution in [0.2, 0.25) is 0 Å². The highest BCUT2D eigenvalue weighted by atomic mass is 16.5. The SMILES string of the molecule is COc1cc(NC(=O)C(CCCN=C(N)N)NC(=O)C(Cc2ccccc2)NC(=O)OCc2ccccc2)cc2ccccc12. The summed E-state index contributed by atoms with van der Waals surface area (Å²) in [6.45, 7) is 0.306. The zero-order chi connectivity index (χ0) is 32.0. The Bertz CT molecular complexity index is 1610. The third-order valence-electron chi connectivity index (χ3n) is 6.99. The van der Waals surface area contributed by atoms with E-state index in [1.165, 1.54) is 0 Å². The number of ether oxygens (including phenoxy) is 2. The summed E-state index contributed by atoms with van der Waals surface area (Å²) in [5.74, 6) is -0.466. The van der Waals surface area contributed by atoms with Crippen LogP contribution in [0.1, 0.15) is 24.0 Å². The van der Waals surface area contributed by atoms with Crippen LogP contribution in [-0.2, 0) is 27.4 Å². The molecule has 0 saturated carbocycles. The summed E-state index contributed by atoms with van der Waals surface area (Å²) in [4.78, 5) is 44.1. The Labute approximate surface area is 262 Å². The van der Waals surface area contributed by atoms with Crippen molar-refractivity contribution in [1.82, 2.24) is 10.6 Å². The Morgan fingerprint density at radius 3 is 2.16 bits per heavy atom. The molecule has 0 heterocycles. The molecule has 0 bridgehead atoms. The van der Waals surface area contributed by atoms with Gasteiger partial charge in [0.1, 0.15) is 24.4 Å². The monoisotopic (exact) mass is 610 g/mol. The Morgan fingerprint density at radius 2 is 1.47 bits per heavy atom. The molecule has 0 aromatic heterocycles. The molecule has 0 aliphatic rings. The van der Waals surface area contributed by atoms with Gasteiger partial charge in [0.15, 0.2) is 5.96 Å². The van der Waals surface area contributed by atoms with Gasteiger partial charge >= 0.3 is 6.09 Å². The predicted octanol–water partition coefficient (Wildman–Crippen LogP) is 3.86. The maximum Gasteiger partial charge on any atom is 0.408 e. The van der Waals surface area contributed by atoms with E-state index in [-0.39, 0.29) is 32.0 Å². The summed E-state index contributed by atoms with van der Waals surface area (Å²) < 4.78 is 10.9. The van der Waals surface area contributed by atoms with Crippen LogP contribution in [0.4, 0.5) is 10.5 Å². The summed E-state index contributed by atoms with van der Waals surface area (Å²) >= 11 is 0. The number of anilines is 1. The second-order valence-corrected chi connectivity index (χ2v) is 10.3. The first kappa shape index (κ1) is 32.3. The van der Waals surface area contributed by atoms with E-state index in [4.69, 9.17) is 20.9 Å². The second kappa shape index (κ2) is 16.3. The molecule has 0 saturated heterocycles. The zero-order valence-corrected chi connectivity index (χ0v) is 25.1. The van der Waals surface area contributed by atoms with Gasteiger partial charge in [-0.1, -0.05) is 84.9 Å². The van der Waals surface area contributed by atoms with Crippen LogP contribution in [0.5, 0.6) is 5.75 Å². The van der Waals surface area contributed by atoms with Gasteiger partial charge in [0, 0.05) is 30.1 Å². The van der Waals surface area contributed by atoms with Crippen LogP contribution >= 0.6 is 0 Å². The molecule has 0 aliphatic carbocycles. The number of amides is 3. The first-order valence-corrected chi connectivity index (χ1v) is 14.6. The van der Waals surface area contributed by atoms with Crippen LogP contribution < -0.4 is 32.2 Å². The van der Waals surface area contributed by atoms with Crippen molar-refractivity contribution in [1.29, 1.82) is 0 Å². The summed E-state index contributed by atoms with van der Waals surface area (Å²) in [5.41, 5.74) is 13.0. The number of benzene rings is 4. The number of guanidine groups is 1. The van der Waals surface area contributed by atoms with E-state index < -0.39 is 30.0 Å². The smallest absolute Gasteiger partial charge is 0.408 e. The number of rotatable bonds is 14. The van der Waals surface area contributed by atoms with Crippen molar-refractivity contribution < 1.29 is 23.9 Å². The van der Waals surface area contributed by atoms with Gasteiger partial charge in [-0.15, -0.1) is 0 Å². The lowest BCUT2D eigenvalue weighted by atomic mass is 10.0. The highest BCUT2D eigenvalue weighted by molar-refractivity contribution is 6.01. The average Bonchev–Trinajstić information content (AvgIpc) is 3.05. The number of hydrogen-bond donors (Lipinski definition) is 5. The zero-order valence-electron chi connectivity index (χ0n) is 25.1. The summed E-state index contributed by atoms with van der Waals surface area (Å²) in [6, 6.07) is 27.7. The molecular weight excluding hydrogens is 572 g/mol. The van der Waals surface area contributed by atoms with Crippen LogP contribution in [0.15, 0.2) is 102 Å². The van der Waals surface area contributed by atoms with Crippen molar-refractivity contribution in [3.63, 3.8) is 0 Å². The fourth-order valence-electron chi connectivity index (χ4n) is 4.76. The number of nitrogens with two attached hydrogens (primary N) is 2. The summed E-state index contributed by atoms with van der Waals surface area (Å²) in [5, 5.41) is 10.2. The molecular formula is C34H38N6O5. The molecule has 4 rings (SSSR count). The molecule has 11 heteroatoms. The number of nitrogens with one attached hydrogen (secondary N) is 3. The fraction of sp³-hybridized carbons (Fsp3) is 0.235. The Hall–Kier alpha value is -5.58. The Morgan fingerprint density at radius 1 is 0.800 bits per heavy atom. The van der Waals surface area contributed by atoms with Crippen LogP contribution in [0.25, 0.3) is 10.8 Å². The molecule has 3 amide bonds. The molecule has 11 nitrogen and oxygen atoms in total. The number of fused-ring (bicyclic) bond motifs is 1. The lowest BCUT2D eigenvalue weighted by Crippen LogP contribution is -2.53. The van der Waals surface area contributed by atoms with Gasteiger partial charge in [0.05, 0.1) is 7.11 Å². The minimum absolute atomic E-state index is 0.0391. The third kappa shape index (κ3) is 9.99. The number of aliphatic imine (C=N–C) groups is 1. The van der Waals surface area contributed by atoms with Crippen LogP contribution in [0.3, 0.4) is 0 Å². The maximum atomic E-state index is 13.7. The number of methoxy groups -OCH3 is 1. The minimum atomic E-state index is -1.02. The van der Waals surface area contributed by atoms with Crippen LogP contribution in [-0.4, -0.2) is 49.6 Å². The highest BCUT2D eigenvalue weighted by Crippen LogP contribution is 2.30.